The van der Waals surface area contributed by atoms with Crippen molar-refractivity contribution in [2.24, 2.45) is 0 Å². The summed E-state index contributed by atoms with van der Waals surface area (Å²) in [5, 5.41) is 6.79. The van der Waals surface area contributed by atoms with Crippen molar-refractivity contribution in [2.75, 3.05) is 7.11 Å². The lowest BCUT2D eigenvalue weighted by atomic mass is 10.1. The molecule has 1 aromatic carbocycles. The maximum Gasteiger partial charge on any atom is 0.220 e. The van der Waals surface area contributed by atoms with Crippen molar-refractivity contribution in [3.05, 3.63) is 46.8 Å². The molecule has 0 saturated carbocycles. The molecule has 0 unspecified atom stereocenters. The lowest BCUT2D eigenvalue weighted by Crippen LogP contribution is -2.23. The van der Waals surface area contributed by atoms with E-state index in [2.05, 4.69) is 10.5 Å². The molecule has 0 aliphatic rings. The normalized spacial score (nSPS) is 10.4. The fourth-order valence-electron chi connectivity index (χ4n) is 2.13. The average molecular weight is 288 g/mol. The maximum absolute atomic E-state index is 11.9. The summed E-state index contributed by atoms with van der Waals surface area (Å²) in [6, 6.07) is 7.64. The molecular formula is C16H20N2O3. The van der Waals surface area contributed by atoms with Gasteiger partial charge < -0.3 is 14.6 Å². The van der Waals surface area contributed by atoms with Crippen molar-refractivity contribution in [1.29, 1.82) is 0 Å². The minimum atomic E-state index is 0.0193. The molecule has 0 bridgehead atoms. The molecule has 2 rings (SSSR count). The van der Waals surface area contributed by atoms with Crippen LogP contribution in [0.5, 0.6) is 5.75 Å². The molecule has 0 aliphatic carbocycles. The van der Waals surface area contributed by atoms with Crippen LogP contribution in [0.25, 0.3) is 0 Å². The largest absolute Gasteiger partial charge is 0.497 e. The summed E-state index contributed by atoms with van der Waals surface area (Å²) < 4.78 is 10.2. The quantitative estimate of drug-likeness (QED) is 0.887. The van der Waals surface area contributed by atoms with E-state index in [1.54, 1.807) is 7.11 Å². The summed E-state index contributed by atoms with van der Waals surface area (Å²) in [6.07, 6.45) is 1.08. The molecular weight excluding hydrogens is 268 g/mol. The zero-order chi connectivity index (χ0) is 15.2. The van der Waals surface area contributed by atoms with Gasteiger partial charge in [-0.2, -0.15) is 0 Å². The summed E-state index contributed by atoms with van der Waals surface area (Å²) in [4.78, 5) is 11.9. The third-order valence-corrected chi connectivity index (χ3v) is 3.43. The summed E-state index contributed by atoms with van der Waals surface area (Å²) >= 11 is 0. The van der Waals surface area contributed by atoms with Crippen molar-refractivity contribution in [2.45, 2.75) is 33.2 Å². The van der Waals surface area contributed by atoms with Gasteiger partial charge in [-0.15, -0.1) is 0 Å². The number of aromatic nitrogens is 1. The Labute approximate surface area is 124 Å². The molecule has 5 nitrogen and oxygen atoms in total. The molecule has 0 aliphatic heterocycles. The van der Waals surface area contributed by atoms with E-state index in [-0.39, 0.29) is 5.91 Å². The first-order valence-corrected chi connectivity index (χ1v) is 6.91. The molecule has 0 saturated heterocycles. The molecule has 2 aromatic rings. The van der Waals surface area contributed by atoms with Crippen molar-refractivity contribution in [1.82, 2.24) is 10.5 Å². The van der Waals surface area contributed by atoms with Gasteiger partial charge in [-0.25, -0.2) is 0 Å². The number of hydrogen-bond donors (Lipinski definition) is 1. The highest BCUT2D eigenvalue weighted by molar-refractivity contribution is 5.76. The summed E-state index contributed by atoms with van der Waals surface area (Å²) in [6.45, 7) is 4.27. The highest BCUT2D eigenvalue weighted by atomic mass is 16.5. The van der Waals surface area contributed by atoms with Gasteiger partial charge in [-0.3, -0.25) is 4.79 Å². The van der Waals surface area contributed by atoms with Gasteiger partial charge in [0.25, 0.3) is 0 Å². The number of aryl methyl sites for hydroxylation is 2. The van der Waals surface area contributed by atoms with Gasteiger partial charge in [0, 0.05) is 18.5 Å². The fourth-order valence-corrected chi connectivity index (χ4v) is 2.13. The van der Waals surface area contributed by atoms with Crippen molar-refractivity contribution in [3.8, 4) is 5.75 Å². The summed E-state index contributed by atoms with van der Waals surface area (Å²) in [5.41, 5.74) is 2.92. The second-order valence-electron chi connectivity index (χ2n) is 4.93. The summed E-state index contributed by atoms with van der Waals surface area (Å²) in [5.74, 6) is 1.62. The van der Waals surface area contributed by atoms with Gasteiger partial charge in [-0.1, -0.05) is 17.3 Å². The van der Waals surface area contributed by atoms with Crippen molar-refractivity contribution >= 4 is 5.91 Å². The predicted octanol–water partition coefficient (Wildman–Crippen LogP) is 2.55. The second-order valence-corrected chi connectivity index (χ2v) is 4.93. The number of methoxy groups -OCH3 is 1. The van der Waals surface area contributed by atoms with E-state index in [0.29, 0.717) is 19.4 Å². The van der Waals surface area contributed by atoms with E-state index in [9.17, 15) is 4.79 Å². The molecule has 0 atom stereocenters. The number of carbonyl (C=O) groups excluding carboxylic acids is 1. The van der Waals surface area contributed by atoms with E-state index in [4.69, 9.17) is 9.26 Å². The smallest absolute Gasteiger partial charge is 0.220 e. The molecule has 0 spiro atoms. The number of rotatable bonds is 6. The molecule has 1 aromatic heterocycles. The highest BCUT2D eigenvalue weighted by Crippen LogP contribution is 2.14. The standard InChI is InChI=1S/C16H20N2O3/c1-11-15(12(2)21-18-11)8-9-16(19)17-10-13-4-6-14(20-3)7-5-13/h4-7H,8-10H2,1-3H3,(H,17,19). The minimum Gasteiger partial charge on any atom is -0.497 e. The molecule has 1 amide bonds. The Morgan fingerprint density at radius 3 is 2.57 bits per heavy atom. The Balaban J connectivity index is 1.79. The number of benzene rings is 1. The van der Waals surface area contributed by atoms with Crippen LogP contribution >= 0.6 is 0 Å². The topological polar surface area (TPSA) is 64.4 Å². The van der Waals surface area contributed by atoms with Crippen LogP contribution in [0, 0.1) is 13.8 Å². The molecule has 1 N–H and O–H groups in total. The van der Waals surface area contributed by atoms with Crippen LogP contribution in [0.4, 0.5) is 0 Å². The van der Waals surface area contributed by atoms with Crippen LogP contribution in [-0.2, 0) is 17.8 Å². The SMILES string of the molecule is COc1ccc(CNC(=O)CCc2c(C)noc2C)cc1. The zero-order valence-corrected chi connectivity index (χ0v) is 12.6. The number of nitrogens with zero attached hydrogens (tertiary/aromatic N) is 1. The second kappa shape index (κ2) is 6.92. The van der Waals surface area contributed by atoms with Crippen LogP contribution in [0.1, 0.15) is 29.0 Å². The number of amides is 1. The average Bonchev–Trinajstić information content (AvgIpc) is 2.82. The van der Waals surface area contributed by atoms with Crippen LogP contribution in [0.3, 0.4) is 0 Å². The van der Waals surface area contributed by atoms with Gasteiger partial charge in [0.1, 0.15) is 11.5 Å². The summed E-state index contributed by atoms with van der Waals surface area (Å²) in [7, 11) is 1.63. The van der Waals surface area contributed by atoms with Gasteiger partial charge >= 0.3 is 0 Å². The van der Waals surface area contributed by atoms with Gasteiger partial charge in [0.05, 0.1) is 12.8 Å². The van der Waals surface area contributed by atoms with Crippen LogP contribution < -0.4 is 10.1 Å². The van der Waals surface area contributed by atoms with E-state index in [1.165, 1.54) is 0 Å². The Bertz CT molecular complexity index is 583. The molecule has 5 heteroatoms. The molecule has 112 valence electrons. The Morgan fingerprint density at radius 2 is 2.00 bits per heavy atom. The van der Waals surface area contributed by atoms with E-state index in [1.807, 2.05) is 38.1 Å². The molecule has 1 heterocycles. The minimum absolute atomic E-state index is 0.0193. The molecule has 0 radical (unpaired) electrons. The maximum atomic E-state index is 11.9. The highest BCUT2D eigenvalue weighted by Gasteiger charge is 2.10. The first-order chi connectivity index (χ1) is 10.1. The molecule has 21 heavy (non-hydrogen) atoms. The number of hydrogen-bond acceptors (Lipinski definition) is 4. The van der Waals surface area contributed by atoms with Gasteiger partial charge in [0.2, 0.25) is 5.91 Å². The van der Waals surface area contributed by atoms with Crippen molar-refractivity contribution < 1.29 is 14.1 Å². The van der Waals surface area contributed by atoms with E-state index in [0.717, 1.165) is 28.3 Å². The van der Waals surface area contributed by atoms with Gasteiger partial charge in [-0.05, 0) is 38.0 Å². The number of nitrogens with one attached hydrogen (secondary N) is 1. The first kappa shape index (κ1) is 15.1. The third-order valence-electron chi connectivity index (χ3n) is 3.43. The third kappa shape index (κ3) is 4.08. The predicted molar refractivity (Wildman–Crippen MR) is 79.1 cm³/mol. The Hall–Kier alpha value is -2.30. The van der Waals surface area contributed by atoms with Gasteiger partial charge in [0.15, 0.2) is 0 Å². The van der Waals surface area contributed by atoms with Crippen LogP contribution in [0.2, 0.25) is 0 Å². The van der Waals surface area contributed by atoms with Crippen molar-refractivity contribution in [3.63, 3.8) is 0 Å². The molecule has 0 fully saturated rings. The van der Waals surface area contributed by atoms with Crippen LogP contribution in [0.15, 0.2) is 28.8 Å². The number of ether oxygens (including phenoxy) is 1. The van der Waals surface area contributed by atoms with Crippen LogP contribution in [-0.4, -0.2) is 18.2 Å². The Kier molecular flexibility index (Phi) is 4.98. The lowest BCUT2D eigenvalue weighted by molar-refractivity contribution is -0.121. The monoisotopic (exact) mass is 288 g/mol. The zero-order valence-electron chi connectivity index (χ0n) is 12.6. The van der Waals surface area contributed by atoms with E-state index >= 15 is 0 Å². The Morgan fingerprint density at radius 1 is 1.29 bits per heavy atom. The fraction of sp³-hybridized carbons (Fsp3) is 0.375. The first-order valence-electron chi connectivity index (χ1n) is 6.91. The lowest BCUT2D eigenvalue weighted by Gasteiger charge is -2.06. The number of carbonyl (C=O) groups is 1. The van der Waals surface area contributed by atoms with E-state index < -0.39 is 0 Å².